The Morgan fingerprint density at radius 3 is 0.922 bits per heavy atom. The average molecular weight is 1610 g/mol. The van der Waals surface area contributed by atoms with E-state index in [0.29, 0.717) is 27.1 Å². The van der Waals surface area contributed by atoms with Crippen molar-refractivity contribution in [1.82, 2.24) is 0 Å². The van der Waals surface area contributed by atoms with Gasteiger partial charge in [0, 0.05) is 12.3 Å². The maximum absolute atomic E-state index is 7.25. The van der Waals surface area contributed by atoms with Gasteiger partial charge in [-0.15, -0.1) is 0 Å². The van der Waals surface area contributed by atoms with Crippen molar-refractivity contribution in [1.29, 1.82) is 0 Å². The summed E-state index contributed by atoms with van der Waals surface area (Å²) in [6.07, 6.45) is 77.3. The third kappa shape index (κ3) is 34.4. The van der Waals surface area contributed by atoms with Gasteiger partial charge < -0.3 is 0 Å². The van der Waals surface area contributed by atoms with Crippen molar-refractivity contribution in [3.05, 3.63) is 0 Å². The fourth-order valence-corrected chi connectivity index (χ4v) is 28.7. The highest BCUT2D eigenvalue weighted by atomic mass is 14.6. The Morgan fingerprint density at radius 2 is 0.670 bits per heavy atom. The second-order valence-electron chi connectivity index (χ2n) is 52.1. The molecule has 0 aromatic carbocycles. The van der Waals surface area contributed by atoms with Gasteiger partial charge in [0.25, 0.3) is 0 Å². The molecule has 21 rings (SSSR count). The summed E-state index contributed by atoms with van der Waals surface area (Å²) in [7, 11) is 0. The lowest BCUT2D eigenvalue weighted by atomic mass is 9.49. The van der Waals surface area contributed by atoms with Crippen LogP contribution in [0.25, 0.3) is 0 Å². The molecular formula is C115H220. The van der Waals surface area contributed by atoms with E-state index in [0.717, 1.165) is 122 Å². The molecule has 0 aromatic rings. The zero-order valence-electron chi connectivity index (χ0n) is 93.6. The highest BCUT2D eigenvalue weighted by Gasteiger charge is 2.52. The van der Waals surface area contributed by atoms with E-state index in [-0.39, 0.29) is 17.2 Å². The summed E-state index contributed by atoms with van der Waals surface area (Å²) in [6, 6.07) is 0. The summed E-state index contributed by atoms with van der Waals surface area (Å²) in [6.45, 7) is 63.1. The van der Waals surface area contributed by atoms with Gasteiger partial charge >= 0.3 is 0 Å². The van der Waals surface area contributed by atoms with Crippen LogP contribution < -0.4 is 0 Å². The molecule has 0 heteroatoms. The molecule has 21 saturated carbocycles. The van der Waals surface area contributed by atoms with E-state index in [9.17, 15) is 0 Å². The third-order valence-corrected chi connectivity index (χ3v) is 37.5. The summed E-state index contributed by atoms with van der Waals surface area (Å²) < 4.78 is 62.8. The van der Waals surface area contributed by atoms with Crippen molar-refractivity contribution in [2.24, 2.45) is 172 Å². The Kier molecular flexibility index (Phi) is 36.3. The summed E-state index contributed by atoms with van der Waals surface area (Å²) >= 11 is 0. The topological polar surface area (TPSA) is 0 Å². The SMILES string of the molecule is CC1C2CCC(CC2)[C@H]1C.CC1CCC2(CC1)CC(C)(C)CC(C)(C)C2.CC1CCC2(CC1)CCC(C)(C)CC2.CC1CCC2(CCCC2)CC1.CC1CCC2(CCCCC2)CC1.CCC12CC3CC(CC(C3)C1)C2.C[C@@H]1C2CCC(CC2)C1(C)C.C[C@H]1CC2CCC1(C)CC2.[2H]C(C)(C)C.[2H]C([2H])(C)C(C)(C)C.[2H]C([2H])(C)C(C)C.[2H]C([2H])([2H])C([2H])(C)C. The molecule has 1 unspecified atom stereocenters. The van der Waals surface area contributed by atoms with Crippen LogP contribution in [0.2, 0.25) is 0 Å². The summed E-state index contributed by atoms with van der Waals surface area (Å²) in [5, 5.41) is 0. The molecule has 0 saturated heterocycles. The molecule has 21 aliphatic rings. The summed E-state index contributed by atoms with van der Waals surface area (Å²) in [4.78, 5) is 0. The van der Waals surface area contributed by atoms with Crippen LogP contribution in [-0.4, -0.2) is 0 Å². The van der Waals surface area contributed by atoms with Crippen LogP contribution in [-0.2, 0) is 0 Å². The fourth-order valence-electron chi connectivity index (χ4n) is 28.7. The van der Waals surface area contributed by atoms with Gasteiger partial charge in [-0.2, -0.15) is 0 Å². The first-order valence-electron chi connectivity index (χ1n) is 56.7. The molecule has 0 aliphatic heterocycles. The van der Waals surface area contributed by atoms with Crippen LogP contribution in [0.3, 0.4) is 0 Å². The Bertz CT molecular complexity index is 2780. The maximum Gasteiger partial charge on any atom is 0.0294 e. The largest absolute Gasteiger partial charge is 0.0651 e. The third-order valence-electron chi connectivity index (χ3n) is 37.5. The zero-order valence-corrected chi connectivity index (χ0v) is 84.6. The number of fused-ring (bicyclic) bond motifs is 9. The minimum absolute atomic E-state index is 0.132. The first-order valence-corrected chi connectivity index (χ1v) is 52.2. The molecule has 0 N–H and O–H groups in total. The lowest BCUT2D eigenvalue weighted by Crippen LogP contribution is -2.45. The molecule has 115 heavy (non-hydrogen) atoms. The molecule has 10 bridgehead atoms. The molecule has 0 radical (unpaired) electrons. The van der Waals surface area contributed by atoms with Crippen molar-refractivity contribution in [3.8, 4) is 0 Å². The lowest BCUT2D eigenvalue weighted by molar-refractivity contribution is -0.0545. The first kappa shape index (κ1) is 89.8. The molecule has 0 heterocycles. The number of rotatable bonds is 2. The van der Waals surface area contributed by atoms with Gasteiger partial charge in [-0.25, -0.2) is 0 Å². The average Bonchev–Trinajstić information content (AvgIpc) is 0.983. The van der Waals surface area contributed by atoms with Gasteiger partial charge in [-0.3, -0.25) is 0 Å². The van der Waals surface area contributed by atoms with E-state index < -0.39 is 25.5 Å². The highest BCUT2D eigenvalue weighted by molar-refractivity contribution is 5.03. The van der Waals surface area contributed by atoms with Gasteiger partial charge in [-0.05, 0) is 416 Å². The van der Waals surface area contributed by atoms with Crippen LogP contribution >= 0.6 is 0 Å². The molecule has 680 valence electrons. The molecule has 21 aliphatic carbocycles. The minimum Gasteiger partial charge on any atom is -0.0651 e. The van der Waals surface area contributed by atoms with Gasteiger partial charge in [0.05, 0.1) is 0 Å². The standard InChI is InChI=1S/C16H30.C14H26.C12H20.C12H22.2C11H20.2C10H18.C6H14.C5H12.2C4H10/c1-13-6-8-16(9-7-13)11-14(2,3)10-15(4,5)12-16;1-12-4-6-14(7-5-12)10-8-13(2,3)9-11-14;1-2-12-6-9-3-10(7-12)5-11(4-9)8-12;1-11-5-9-12(10-6-11)7-3-2-4-8-12;1-8-9-4-6-10(7-5-9)11(8,2)3;1-10-4-8-11(9-5-10)6-2-3-7-11;1-8-7-9-3-5-10(8,2)6-4-9;1-7-8(2)10-5-3-9(7)4-6-10;1-5-6(2,3)4;1-4-5(2)3;2*1-4(2)3/h13H,6-12H2,1-5H3;12H,4-11H2,1-3H3;9-11H,2-8H2,1H3;11H,2-10H2,1H3;8-10H,4-7H2,1-3H3;10H,2-9H2,1H3;8-9H,3-7H2,1-2H3;7-10H,3-6H2,1-2H3;5H2,1-4H3;5H,4H2,1-3H3;2*4H,1-3H3/t;;;;8-,9?,10?;;8-,9?,10?;7-,8?,9?,10?;;;;/m....1.00..../s1/i;;;;;;;;5D2;4D2;1D3,4D;4D. The minimum atomic E-state index is -2.15. The van der Waals surface area contributed by atoms with Crippen molar-refractivity contribution in [3.63, 3.8) is 0 Å². The van der Waals surface area contributed by atoms with Gasteiger partial charge in [0.1, 0.15) is 0 Å². The van der Waals surface area contributed by atoms with Crippen molar-refractivity contribution < 1.29 is 12.3 Å². The van der Waals surface area contributed by atoms with E-state index in [4.69, 9.17) is 12.3 Å². The molecule has 21 fully saturated rings. The second-order valence-corrected chi connectivity index (χ2v) is 52.1. The molecule has 4 spiro atoms. The molecule has 0 aromatic heterocycles. The Balaban J connectivity index is 0.000000211. The Labute approximate surface area is 741 Å². The predicted molar refractivity (Wildman–Crippen MR) is 518 cm³/mol. The van der Waals surface area contributed by atoms with Crippen molar-refractivity contribution in [2.45, 2.75) is 561 Å². The van der Waals surface area contributed by atoms with Gasteiger partial charge in [0.2, 0.25) is 0 Å². The molecular weight excluding hydrogens is 1380 g/mol. The molecule has 0 amide bonds. The van der Waals surface area contributed by atoms with Gasteiger partial charge in [0.15, 0.2) is 0 Å². The second kappa shape index (κ2) is 46.5. The Hall–Kier alpha value is 0. The van der Waals surface area contributed by atoms with Crippen LogP contribution in [0.1, 0.15) is 574 Å². The summed E-state index contributed by atoms with van der Waals surface area (Å²) in [5.41, 5.74) is 6.99. The zero-order chi connectivity index (χ0) is 93.6. The predicted octanol–water partition coefficient (Wildman–Crippen LogP) is 39.3. The number of hydrogen-bond acceptors (Lipinski definition) is 0. The molecule has 0 nitrogen and oxygen atoms in total. The number of hydrogen-bond donors (Lipinski definition) is 0. The summed E-state index contributed by atoms with van der Waals surface area (Å²) in [5.74, 6) is 15.5. The monoisotopic (exact) mass is 1610 g/mol. The van der Waals surface area contributed by atoms with Crippen LogP contribution in [0.4, 0.5) is 0 Å². The molecule has 4 atom stereocenters. The van der Waals surface area contributed by atoms with Crippen LogP contribution in [0.5, 0.6) is 0 Å². The van der Waals surface area contributed by atoms with E-state index in [1.165, 1.54) is 258 Å². The van der Waals surface area contributed by atoms with E-state index in [1.807, 2.05) is 55.4 Å². The maximum atomic E-state index is 7.25. The van der Waals surface area contributed by atoms with Crippen LogP contribution in [0.15, 0.2) is 0 Å². The smallest absolute Gasteiger partial charge is 0.0294 e. The first-order chi connectivity index (χ1) is 56.7. The van der Waals surface area contributed by atoms with E-state index in [2.05, 4.69) is 125 Å². The lowest BCUT2D eigenvalue weighted by Gasteiger charge is -2.56. The van der Waals surface area contributed by atoms with Crippen molar-refractivity contribution >= 4 is 0 Å². The van der Waals surface area contributed by atoms with Crippen LogP contribution in [0, 0.1) is 172 Å². The quantitative estimate of drug-likeness (QED) is 0.259. The fraction of sp³-hybridized carbons (Fsp3) is 1.00. The van der Waals surface area contributed by atoms with Gasteiger partial charge in [-0.1, -0.05) is 317 Å². The highest BCUT2D eigenvalue weighted by Crippen LogP contribution is 2.64. The Morgan fingerprint density at radius 1 is 0.357 bits per heavy atom. The van der Waals surface area contributed by atoms with Crippen molar-refractivity contribution in [2.75, 3.05) is 0 Å². The van der Waals surface area contributed by atoms with E-state index in [1.54, 1.807) is 104 Å². The van der Waals surface area contributed by atoms with E-state index >= 15 is 0 Å². The normalized spacial score (nSPS) is 38.2.